The molecule has 4 aromatic carbocycles. The summed E-state index contributed by atoms with van der Waals surface area (Å²) in [5.74, 6) is 0.300. The van der Waals surface area contributed by atoms with Gasteiger partial charge < -0.3 is 39.8 Å². The summed E-state index contributed by atoms with van der Waals surface area (Å²) in [5.41, 5.74) is 5.50. The first kappa shape index (κ1) is 39.0. The number of piperidine rings is 1. The van der Waals surface area contributed by atoms with E-state index in [4.69, 9.17) is 9.47 Å². The Morgan fingerprint density at radius 1 is 0.909 bits per heavy atom. The number of fused-ring (bicyclic) bond motifs is 1. The number of aromatic hydroxyl groups is 1. The van der Waals surface area contributed by atoms with Crippen molar-refractivity contribution in [2.24, 2.45) is 0 Å². The number of phenolic OH excluding ortho intramolecular Hbond substituents is 1. The van der Waals surface area contributed by atoms with Crippen molar-refractivity contribution >= 4 is 34.3 Å². The number of H-pyrrole nitrogens is 1. The Morgan fingerprint density at radius 3 is 2.44 bits per heavy atom. The average Bonchev–Trinajstić information content (AvgIpc) is 3.17. The van der Waals surface area contributed by atoms with Crippen molar-refractivity contribution in [2.75, 3.05) is 51.5 Å². The Balaban J connectivity index is 1.01. The Bertz CT molecular complexity index is 2180. The van der Waals surface area contributed by atoms with E-state index in [2.05, 4.69) is 35.0 Å². The average molecular weight is 749 g/mol. The highest BCUT2D eigenvalue weighted by atomic mass is 16.6. The number of pyridine rings is 1. The van der Waals surface area contributed by atoms with Crippen molar-refractivity contribution in [3.63, 3.8) is 0 Å². The number of carbonyl (C=O) groups excluding carboxylic acids is 2. The molecule has 6 rings (SSSR count). The number of likely N-dealkylation sites (tertiary alicyclic amines) is 1. The molecule has 5 aromatic rings. The Hall–Kier alpha value is -5.69. The number of aliphatic hydroxyl groups excluding tert-OH is 1. The second-order valence-electron chi connectivity index (χ2n) is 14.7. The summed E-state index contributed by atoms with van der Waals surface area (Å²) in [5, 5.41) is 30.8. The predicted molar refractivity (Wildman–Crippen MR) is 214 cm³/mol. The normalized spacial score (nSPS) is 14.6. The van der Waals surface area contributed by atoms with E-state index < -0.39 is 12.2 Å². The first-order chi connectivity index (χ1) is 26.5. The Kier molecular flexibility index (Phi) is 12.5. The van der Waals surface area contributed by atoms with Gasteiger partial charge in [-0.05, 0) is 65.4 Å². The van der Waals surface area contributed by atoms with Gasteiger partial charge in [-0.3, -0.25) is 14.9 Å². The van der Waals surface area contributed by atoms with E-state index in [1.54, 1.807) is 25.3 Å². The SMILES string of the molecule is COc1cc(CNC[C@H](O)c2ccc(O)c3[nH]c(=O)ccc23)ccc1NC(=O)CCCc1ccc(-c2ccccc2)c(NC(=O)OC2CC[N+](C)(C)CC2)c1. The van der Waals surface area contributed by atoms with Crippen molar-refractivity contribution in [1.82, 2.24) is 10.3 Å². The number of rotatable bonds is 14. The number of carbonyl (C=O) groups is 2. The standard InChI is InChI=1S/C43H49N5O7/c1-48(2)22-20-31(21-23-48)55-43(53)46-36-24-28(12-14-32(36)30-9-5-4-6-10-30)8-7-11-40(51)45-35-17-13-29(25-39(35)54-3)26-44-27-38(50)33-15-18-37(49)42-34(33)16-19-41(52)47-42/h4-6,9-10,12-19,24-25,31,38,44,50H,7-8,11,20-23,26-27H2,1-3H3,(H3-,45,46,47,49,51,52,53)/p+1/t38-/m0/s1. The summed E-state index contributed by atoms with van der Waals surface area (Å²) in [6.07, 6.45) is 1.72. The molecule has 0 saturated carbocycles. The Morgan fingerprint density at radius 2 is 1.67 bits per heavy atom. The van der Waals surface area contributed by atoms with Gasteiger partial charge in [0.15, 0.2) is 0 Å². The number of hydrogen-bond donors (Lipinski definition) is 6. The third kappa shape index (κ3) is 10.3. The molecule has 0 radical (unpaired) electrons. The minimum Gasteiger partial charge on any atom is -0.506 e. The summed E-state index contributed by atoms with van der Waals surface area (Å²) in [4.78, 5) is 40.4. The van der Waals surface area contributed by atoms with Gasteiger partial charge in [-0.1, -0.05) is 54.6 Å². The fourth-order valence-electron chi connectivity index (χ4n) is 7.00. The summed E-state index contributed by atoms with van der Waals surface area (Å²) >= 11 is 0. The van der Waals surface area contributed by atoms with Crippen LogP contribution in [-0.4, -0.2) is 78.6 Å². The zero-order chi connectivity index (χ0) is 39.0. The zero-order valence-electron chi connectivity index (χ0n) is 31.6. The lowest BCUT2D eigenvalue weighted by atomic mass is 9.99. The highest BCUT2D eigenvalue weighted by Crippen LogP contribution is 2.32. The van der Waals surface area contributed by atoms with Crippen LogP contribution >= 0.6 is 0 Å². The molecule has 12 nitrogen and oxygen atoms in total. The van der Waals surface area contributed by atoms with Crippen LogP contribution in [-0.2, 0) is 22.5 Å². The number of aliphatic hydroxyl groups is 1. The van der Waals surface area contributed by atoms with Gasteiger partial charge in [-0.15, -0.1) is 0 Å². The van der Waals surface area contributed by atoms with Gasteiger partial charge in [0.1, 0.15) is 17.6 Å². The number of nitrogens with one attached hydrogen (secondary N) is 4. The first-order valence-corrected chi connectivity index (χ1v) is 18.7. The molecule has 2 amide bonds. The van der Waals surface area contributed by atoms with Crippen LogP contribution in [0.25, 0.3) is 22.0 Å². The van der Waals surface area contributed by atoms with Gasteiger partial charge >= 0.3 is 6.09 Å². The lowest BCUT2D eigenvalue weighted by molar-refractivity contribution is -0.896. The summed E-state index contributed by atoms with van der Waals surface area (Å²) < 4.78 is 12.3. The number of benzene rings is 4. The van der Waals surface area contributed by atoms with E-state index in [1.165, 1.54) is 12.1 Å². The first-order valence-electron chi connectivity index (χ1n) is 18.7. The van der Waals surface area contributed by atoms with Crippen molar-refractivity contribution in [3.8, 4) is 22.6 Å². The molecule has 12 heteroatoms. The highest BCUT2D eigenvalue weighted by molar-refractivity contribution is 5.93. The number of ether oxygens (including phenoxy) is 2. The van der Waals surface area contributed by atoms with E-state index in [-0.39, 0.29) is 41.8 Å². The van der Waals surface area contributed by atoms with E-state index in [1.807, 2.05) is 60.7 Å². The second kappa shape index (κ2) is 17.6. The third-order valence-corrected chi connectivity index (χ3v) is 10.1. The molecular weight excluding hydrogens is 699 g/mol. The Labute approximate surface area is 320 Å². The van der Waals surface area contributed by atoms with E-state index in [0.29, 0.717) is 47.5 Å². The topological polar surface area (TPSA) is 162 Å². The maximum Gasteiger partial charge on any atom is 0.411 e. The van der Waals surface area contributed by atoms with Gasteiger partial charge in [-0.25, -0.2) is 4.79 Å². The highest BCUT2D eigenvalue weighted by Gasteiger charge is 2.28. The molecule has 0 spiro atoms. The lowest BCUT2D eigenvalue weighted by Crippen LogP contribution is -2.48. The summed E-state index contributed by atoms with van der Waals surface area (Å²) in [6.45, 7) is 2.57. The van der Waals surface area contributed by atoms with Gasteiger partial charge in [0.25, 0.3) is 0 Å². The molecule has 1 aliphatic heterocycles. The molecule has 288 valence electrons. The number of aromatic nitrogens is 1. The van der Waals surface area contributed by atoms with Crippen LogP contribution in [0.4, 0.5) is 16.2 Å². The summed E-state index contributed by atoms with van der Waals surface area (Å²) in [6, 6.07) is 27.4. The molecule has 2 heterocycles. The lowest BCUT2D eigenvalue weighted by Gasteiger charge is -2.36. The second-order valence-corrected chi connectivity index (χ2v) is 14.7. The molecule has 55 heavy (non-hydrogen) atoms. The van der Waals surface area contributed by atoms with Crippen LogP contribution in [0.3, 0.4) is 0 Å². The molecule has 1 aliphatic rings. The fraction of sp³-hybridized carbons (Fsp3) is 0.326. The number of anilines is 2. The molecule has 0 bridgehead atoms. The molecule has 1 fully saturated rings. The summed E-state index contributed by atoms with van der Waals surface area (Å²) in [7, 11) is 5.93. The molecule has 1 saturated heterocycles. The largest absolute Gasteiger partial charge is 0.506 e. The van der Waals surface area contributed by atoms with Crippen LogP contribution < -0.4 is 26.2 Å². The maximum atomic E-state index is 13.0. The minimum absolute atomic E-state index is 0.0648. The number of aryl methyl sites for hydroxylation is 1. The smallest absolute Gasteiger partial charge is 0.411 e. The quantitative estimate of drug-likeness (QED) is 0.0704. The predicted octanol–water partition coefficient (Wildman–Crippen LogP) is 6.48. The van der Waals surface area contributed by atoms with Crippen molar-refractivity contribution in [2.45, 2.75) is 50.9 Å². The number of aromatic amines is 1. The molecular formula is C43H50N5O7+. The van der Waals surface area contributed by atoms with E-state index in [0.717, 1.165) is 52.7 Å². The van der Waals surface area contributed by atoms with Gasteiger partial charge in [-0.2, -0.15) is 0 Å². The van der Waals surface area contributed by atoms with Gasteiger partial charge in [0.05, 0.1) is 57.3 Å². The number of amides is 2. The van der Waals surface area contributed by atoms with Gasteiger partial charge in [0, 0.05) is 49.4 Å². The zero-order valence-corrected chi connectivity index (χ0v) is 31.6. The van der Waals surface area contributed by atoms with Crippen molar-refractivity contribution < 1.29 is 33.8 Å². The number of phenols is 1. The number of hydrogen-bond acceptors (Lipinski definition) is 8. The molecule has 0 aliphatic carbocycles. The van der Waals surface area contributed by atoms with Crippen molar-refractivity contribution in [3.05, 3.63) is 118 Å². The third-order valence-electron chi connectivity index (χ3n) is 10.1. The van der Waals surface area contributed by atoms with Crippen molar-refractivity contribution in [1.29, 1.82) is 0 Å². The van der Waals surface area contributed by atoms with Crippen LogP contribution in [0.1, 0.15) is 48.5 Å². The molecule has 1 aromatic heterocycles. The van der Waals surface area contributed by atoms with Crippen LogP contribution in [0, 0.1) is 0 Å². The minimum atomic E-state index is -0.894. The fourth-order valence-corrected chi connectivity index (χ4v) is 7.00. The van der Waals surface area contributed by atoms with E-state index in [9.17, 15) is 24.6 Å². The molecule has 0 unspecified atom stereocenters. The van der Waals surface area contributed by atoms with Crippen LogP contribution in [0.2, 0.25) is 0 Å². The van der Waals surface area contributed by atoms with Crippen LogP contribution in [0.5, 0.6) is 11.5 Å². The van der Waals surface area contributed by atoms with Crippen LogP contribution in [0.15, 0.2) is 95.8 Å². The monoisotopic (exact) mass is 748 g/mol. The number of quaternary nitrogens is 1. The molecule has 1 atom stereocenters. The number of nitrogens with zero attached hydrogens (tertiary/aromatic N) is 1. The van der Waals surface area contributed by atoms with Gasteiger partial charge in [0.2, 0.25) is 11.5 Å². The van der Waals surface area contributed by atoms with E-state index >= 15 is 0 Å². The number of methoxy groups -OCH3 is 1. The molecule has 6 N–H and O–H groups in total. The maximum absolute atomic E-state index is 13.0.